The van der Waals surface area contributed by atoms with Crippen molar-refractivity contribution in [3.05, 3.63) is 29.3 Å². The fraction of sp³-hybridized carbons (Fsp3) is 0.562. The molecule has 116 valence electrons. The molecule has 0 fully saturated rings. The van der Waals surface area contributed by atoms with Crippen molar-refractivity contribution in [1.82, 2.24) is 5.32 Å². The standard InChI is InChI=1S/C16H24N2O3/c1-15(2,3)21-14(19)18-16(10-17)9-8-11-12(16)6-5-7-13(11)20-4/h5-7H,8-10,17H2,1-4H3,(H,18,19). The molecule has 0 aromatic heterocycles. The van der Waals surface area contributed by atoms with E-state index in [2.05, 4.69) is 5.32 Å². The van der Waals surface area contributed by atoms with E-state index < -0.39 is 17.2 Å². The Labute approximate surface area is 125 Å². The average molecular weight is 292 g/mol. The van der Waals surface area contributed by atoms with Crippen LogP contribution in [-0.2, 0) is 16.7 Å². The zero-order chi connectivity index (χ0) is 15.7. The summed E-state index contributed by atoms with van der Waals surface area (Å²) in [7, 11) is 1.65. The Bertz CT molecular complexity index is 537. The van der Waals surface area contributed by atoms with Gasteiger partial charge >= 0.3 is 6.09 Å². The number of hydrogen-bond donors (Lipinski definition) is 2. The third-order valence-electron chi connectivity index (χ3n) is 3.76. The lowest BCUT2D eigenvalue weighted by Gasteiger charge is -2.31. The van der Waals surface area contributed by atoms with Crippen LogP contribution in [0.5, 0.6) is 5.75 Å². The highest BCUT2D eigenvalue weighted by Crippen LogP contribution is 2.40. The molecule has 21 heavy (non-hydrogen) atoms. The van der Waals surface area contributed by atoms with Crippen molar-refractivity contribution in [3.8, 4) is 5.75 Å². The molecule has 1 amide bonds. The lowest BCUT2D eigenvalue weighted by atomic mass is 9.92. The van der Waals surface area contributed by atoms with Crippen LogP contribution in [0.1, 0.15) is 38.3 Å². The smallest absolute Gasteiger partial charge is 0.408 e. The second-order valence-electron chi connectivity index (χ2n) is 6.40. The van der Waals surface area contributed by atoms with Gasteiger partial charge in [0.05, 0.1) is 12.6 Å². The highest BCUT2D eigenvalue weighted by atomic mass is 16.6. The number of nitrogens with two attached hydrogens (primary N) is 1. The topological polar surface area (TPSA) is 73.6 Å². The van der Waals surface area contributed by atoms with Gasteiger partial charge in [0.2, 0.25) is 0 Å². The Hall–Kier alpha value is -1.75. The SMILES string of the molecule is COc1cccc2c1CCC2(CN)NC(=O)OC(C)(C)C. The summed E-state index contributed by atoms with van der Waals surface area (Å²) in [6.07, 6.45) is 1.13. The highest BCUT2D eigenvalue weighted by molar-refractivity contribution is 5.70. The lowest BCUT2D eigenvalue weighted by molar-refractivity contribution is 0.0455. The Balaban J connectivity index is 2.28. The fourth-order valence-corrected chi connectivity index (χ4v) is 2.83. The minimum Gasteiger partial charge on any atom is -0.496 e. The lowest BCUT2D eigenvalue weighted by Crippen LogP contribution is -2.51. The van der Waals surface area contributed by atoms with Gasteiger partial charge in [-0.2, -0.15) is 0 Å². The Morgan fingerprint density at radius 2 is 2.14 bits per heavy atom. The van der Waals surface area contributed by atoms with Crippen LogP contribution in [0.2, 0.25) is 0 Å². The Morgan fingerprint density at radius 3 is 2.71 bits per heavy atom. The molecule has 1 aliphatic rings. The van der Waals surface area contributed by atoms with Crippen LogP contribution in [0.4, 0.5) is 4.79 Å². The maximum absolute atomic E-state index is 12.1. The molecule has 5 nitrogen and oxygen atoms in total. The number of rotatable bonds is 3. The largest absolute Gasteiger partial charge is 0.496 e. The monoisotopic (exact) mass is 292 g/mol. The van der Waals surface area contributed by atoms with Crippen molar-refractivity contribution in [2.75, 3.05) is 13.7 Å². The molecule has 1 unspecified atom stereocenters. The van der Waals surface area contributed by atoms with E-state index in [1.54, 1.807) is 7.11 Å². The zero-order valence-corrected chi connectivity index (χ0v) is 13.2. The van der Waals surface area contributed by atoms with E-state index in [-0.39, 0.29) is 0 Å². The van der Waals surface area contributed by atoms with E-state index in [4.69, 9.17) is 15.2 Å². The van der Waals surface area contributed by atoms with E-state index in [1.165, 1.54) is 0 Å². The molecule has 1 aliphatic carbocycles. The second-order valence-corrected chi connectivity index (χ2v) is 6.40. The van der Waals surface area contributed by atoms with Gasteiger partial charge < -0.3 is 20.5 Å². The molecular weight excluding hydrogens is 268 g/mol. The zero-order valence-electron chi connectivity index (χ0n) is 13.2. The van der Waals surface area contributed by atoms with Gasteiger partial charge in [-0.1, -0.05) is 12.1 Å². The van der Waals surface area contributed by atoms with Crippen molar-refractivity contribution in [3.63, 3.8) is 0 Å². The first-order chi connectivity index (χ1) is 9.81. The molecule has 0 radical (unpaired) electrons. The summed E-state index contributed by atoms with van der Waals surface area (Å²) in [6.45, 7) is 5.85. The van der Waals surface area contributed by atoms with Crippen molar-refractivity contribution in [2.45, 2.75) is 44.8 Å². The first-order valence-electron chi connectivity index (χ1n) is 7.19. The number of benzene rings is 1. The number of ether oxygens (including phenoxy) is 2. The van der Waals surface area contributed by atoms with Gasteiger partial charge in [-0.05, 0) is 50.8 Å². The van der Waals surface area contributed by atoms with Crippen molar-refractivity contribution >= 4 is 6.09 Å². The first-order valence-corrected chi connectivity index (χ1v) is 7.19. The molecular formula is C16H24N2O3. The van der Waals surface area contributed by atoms with Gasteiger partial charge in [0, 0.05) is 6.54 Å². The number of alkyl carbamates (subject to hydrolysis) is 1. The molecule has 0 bridgehead atoms. The molecule has 2 rings (SSSR count). The van der Waals surface area contributed by atoms with Crippen LogP contribution in [-0.4, -0.2) is 25.3 Å². The van der Waals surface area contributed by atoms with Crippen LogP contribution in [0.3, 0.4) is 0 Å². The molecule has 0 aliphatic heterocycles. The predicted octanol–water partition coefficient (Wildman–Crippen LogP) is 2.32. The molecule has 1 aromatic rings. The van der Waals surface area contributed by atoms with E-state index in [1.807, 2.05) is 39.0 Å². The molecule has 0 saturated carbocycles. The van der Waals surface area contributed by atoms with Crippen LogP contribution < -0.4 is 15.8 Å². The van der Waals surface area contributed by atoms with Gasteiger partial charge in [-0.15, -0.1) is 0 Å². The maximum Gasteiger partial charge on any atom is 0.408 e. The molecule has 0 heterocycles. The summed E-state index contributed by atoms with van der Waals surface area (Å²) < 4.78 is 10.8. The van der Waals surface area contributed by atoms with Crippen LogP contribution in [0.15, 0.2) is 18.2 Å². The number of nitrogens with one attached hydrogen (secondary N) is 1. The molecule has 5 heteroatoms. The third-order valence-corrected chi connectivity index (χ3v) is 3.76. The van der Waals surface area contributed by atoms with Gasteiger partial charge in [0.15, 0.2) is 0 Å². The quantitative estimate of drug-likeness (QED) is 0.896. The van der Waals surface area contributed by atoms with Gasteiger partial charge in [-0.3, -0.25) is 0 Å². The maximum atomic E-state index is 12.1. The summed E-state index contributed by atoms with van der Waals surface area (Å²) in [5, 5.41) is 2.96. The van der Waals surface area contributed by atoms with Crippen molar-refractivity contribution < 1.29 is 14.3 Å². The third kappa shape index (κ3) is 3.13. The average Bonchev–Trinajstić information content (AvgIpc) is 2.76. The van der Waals surface area contributed by atoms with Crippen LogP contribution >= 0.6 is 0 Å². The summed E-state index contributed by atoms with van der Waals surface area (Å²) in [6, 6.07) is 5.85. The summed E-state index contributed by atoms with van der Waals surface area (Å²) >= 11 is 0. The van der Waals surface area contributed by atoms with Crippen molar-refractivity contribution in [1.29, 1.82) is 0 Å². The molecule has 0 spiro atoms. The Kier molecular flexibility index (Phi) is 4.14. The van der Waals surface area contributed by atoms with E-state index in [0.717, 1.165) is 29.7 Å². The summed E-state index contributed by atoms with van der Waals surface area (Å²) in [5.41, 5.74) is 7.00. The van der Waals surface area contributed by atoms with E-state index in [0.29, 0.717) is 6.54 Å². The summed E-state index contributed by atoms with van der Waals surface area (Å²) in [4.78, 5) is 12.1. The molecule has 0 saturated heterocycles. The minimum atomic E-state index is -0.577. The number of carbonyl (C=O) groups excluding carboxylic acids is 1. The number of amides is 1. The van der Waals surface area contributed by atoms with E-state index in [9.17, 15) is 4.79 Å². The fourth-order valence-electron chi connectivity index (χ4n) is 2.83. The van der Waals surface area contributed by atoms with Gasteiger partial charge in [0.1, 0.15) is 11.4 Å². The second kappa shape index (κ2) is 5.56. The molecule has 1 aromatic carbocycles. The number of hydrogen-bond acceptors (Lipinski definition) is 4. The van der Waals surface area contributed by atoms with Crippen LogP contribution in [0, 0.1) is 0 Å². The van der Waals surface area contributed by atoms with E-state index >= 15 is 0 Å². The first kappa shape index (κ1) is 15.6. The highest BCUT2D eigenvalue weighted by Gasteiger charge is 2.41. The Morgan fingerprint density at radius 1 is 1.43 bits per heavy atom. The van der Waals surface area contributed by atoms with Gasteiger partial charge in [0.25, 0.3) is 0 Å². The number of methoxy groups -OCH3 is 1. The molecule has 3 N–H and O–H groups in total. The van der Waals surface area contributed by atoms with Crippen molar-refractivity contribution in [2.24, 2.45) is 5.73 Å². The van der Waals surface area contributed by atoms with Crippen LogP contribution in [0.25, 0.3) is 0 Å². The van der Waals surface area contributed by atoms with Gasteiger partial charge in [-0.25, -0.2) is 4.79 Å². The predicted molar refractivity (Wildman–Crippen MR) is 81.4 cm³/mol. The summed E-state index contributed by atoms with van der Waals surface area (Å²) in [5.74, 6) is 0.841. The normalized spacial score (nSPS) is 20.8. The number of carbonyl (C=O) groups is 1. The minimum absolute atomic E-state index is 0.326. The molecule has 1 atom stereocenters. The number of fused-ring (bicyclic) bond motifs is 1.